The van der Waals surface area contributed by atoms with Crippen LogP contribution in [-0.4, -0.2) is 48.3 Å². The van der Waals surface area contributed by atoms with Crippen molar-refractivity contribution in [3.8, 4) is 11.4 Å². The molecule has 1 aliphatic rings. The summed E-state index contributed by atoms with van der Waals surface area (Å²) in [5, 5.41) is 4.48. The smallest absolute Gasteiger partial charge is 0.406 e. The van der Waals surface area contributed by atoms with Crippen LogP contribution in [0.25, 0.3) is 5.69 Å². The van der Waals surface area contributed by atoms with Gasteiger partial charge in [0.25, 0.3) is 0 Å². The molecule has 1 saturated heterocycles. The summed E-state index contributed by atoms with van der Waals surface area (Å²) in [6.45, 7) is 3.99. The molecule has 0 radical (unpaired) electrons. The van der Waals surface area contributed by atoms with Gasteiger partial charge in [-0.05, 0) is 56.1 Å². The molecule has 1 atom stereocenters. The standard InChI is InChI=1S/C23H24F3N3O3S/c1-17-19(13-27-29(17)20-6-3-2-4-7-20)15-28-11-10-18(14-28)16-33(30,31)22-9-5-8-21(12-22)32-23(24,25)26/h2-9,12-13,18H,10-11,14-16H2,1H3/t18-/m1/s1. The van der Waals surface area contributed by atoms with Gasteiger partial charge in [0, 0.05) is 24.3 Å². The van der Waals surface area contributed by atoms with Crippen LogP contribution < -0.4 is 4.74 Å². The van der Waals surface area contributed by atoms with Crippen molar-refractivity contribution in [1.82, 2.24) is 14.7 Å². The number of benzene rings is 2. The fourth-order valence-electron chi connectivity index (χ4n) is 4.13. The highest BCUT2D eigenvalue weighted by atomic mass is 32.2. The summed E-state index contributed by atoms with van der Waals surface area (Å²) in [5.41, 5.74) is 3.07. The SMILES string of the molecule is Cc1c(CN2CC[C@@H](CS(=O)(=O)c3cccc(OC(F)(F)F)c3)C2)cnn1-c1ccccc1. The van der Waals surface area contributed by atoms with Gasteiger partial charge in [-0.15, -0.1) is 13.2 Å². The number of rotatable bonds is 7. The van der Waals surface area contributed by atoms with E-state index in [0.717, 1.165) is 35.6 Å². The summed E-state index contributed by atoms with van der Waals surface area (Å²) in [6.07, 6.45) is -2.34. The molecule has 4 rings (SSSR count). The van der Waals surface area contributed by atoms with Gasteiger partial charge in [0.15, 0.2) is 9.84 Å². The quantitative estimate of drug-likeness (QED) is 0.504. The summed E-state index contributed by atoms with van der Waals surface area (Å²) in [7, 11) is -3.75. The lowest BCUT2D eigenvalue weighted by Crippen LogP contribution is -2.23. The van der Waals surface area contributed by atoms with Crippen LogP contribution in [0.15, 0.2) is 65.7 Å². The Labute approximate surface area is 190 Å². The van der Waals surface area contributed by atoms with Gasteiger partial charge in [-0.25, -0.2) is 13.1 Å². The maximum Gasteiger partial charge on any atom is 0.573 e. The van der Waals surface area contributed by atoms with E-state index >= 15 is 0 Å². The number of ether oxygens (including phenoxy) is 1. The molecule has 6 nitrogen and oxygen atoms in total. The van der Waals surface area contributed by atoms with Crippen molar-refractivity contribution in [3.63, 3.8) is 0 Å². The Hall–Kier alpha value is -2.85. The first kappa shape index (κ1) is 23.3. The van der Waals surface area contributed by atoms with Crippen LogP contribution in [0.4, 0.5) is 13.2 Å². The van der Waals surface area contributed by atoms with Gasteiger partial charge in [-0.3, -0.25) is 4.90 Å². The molecule has 2 heterocycles. The molecular weight excluding hydrogens is 455 g/mol. The Morgan fingerprint density at radius 2 is 1.88 bits per heavy atom. The molecule has 10 heteroatoms. The molecule has 1 aromatic heterocycles. The third-order valence-electron chi connectivity index (χ3n) is 5.73. The molecular formula is C23H24F3N3O3S. The highest BCUT2D eigenvalue weighted by Crippen LogP contribution is 2.28. The van der Waals surface area contributed by atoms with Crippen LogP contribution >= 0.6 is 0 Å². The second kappa shape index (κ2) is 9.18. The van der Waals surface area contributed by atoms with Gasteiger partial charge >= 0.3 is 6.36 Å². The molecule has 0 aliphatic carbocycles. The third-order valence-corrected chi connectivity index (χ3v) is 7.61. The minimum Gasteiger partial charge on any atom is -0.406 e. The first-order valence-electron chi connectivity index (χ1n) is 10.5. The van der Waals surface area contributed by atoms with Gasteiger partial charge in [-0.1, -0.05) is 24.3 Å². The molecule has 1 fully saturated rings. The van der Waals surface area contributed by atoms with Crippen molar-refractivity contribution in [1.29, 1.82) is 0 Å². The van der Waals surface area contributed by atoms with Crippen LogP contribution in [0.2, 0.25) is 0 Å². The topological polar surface area (TPSA) is 64.4 Å². The van der Waals surface area contributed by atoms with E-state index in [1.807, 2.05) is 48.1 Å². The summed E-state index contributed by atoms with van der Waals surface area (Å²) < 4.78 is 68.8. The normalized spacial score (nSPS) is 17.4. The fraction of sp³-hybridized carbons (Fsp3) is 0.348. The number of para-hydroxylation sites is 1. The Kier molecular flexibility index (Phi) is 6.49. The number of nitrogens with zero attached hydrogens (tertiary/aromatic N) is 3. The second-order valence-electron chi connectivity index (χ2n) is 8.20. The highest BCUT2D eigenvalue weighted by molar-refractivity contribution is 7.91. The number of likely N-dealkylation sites (tertiary alicyclic amines) is 1. The zero-order valence-corrected chi connectivity index (χ0v) is 18.8. The van der Waals surface area contributed by atoms with Crippen molar-refractivity contribution in [2.45, 2.75) is 31.1 Å². The number of hydrogen-bond donors (Lipinski definition) is 0. The largest absolute Gasteiger partial charge is 0.573 e. The van der Waals surface area contributed by atoms with Crippen LogP contribution in [0.3, 0.4) is 0 Å². The zero-order valence-electron chi connectivity index (χ0n) is 18.0. The lowest BCUT2D eigenvalue weighted by molar-refractivity contribution is -0.274. The summed E-state index contributed by atoms with van der Waals surface area (Å²) in [4.78, 5) is 2.02. The average molecular weight is 480 g/mol. The van der Waals surface area contributed by atoms with Crippen LogP contribution in [0.1, 0.15) is 17.7 Å². The summed E-state index contributed by atoms with van der Waals surface area (Å²) >= 11 is 0. The van der Waals surface area contributed by atoms with Gasteiger partial charge in [0.2, 0.25) is 0 Å². The van der Waals surface area contributed by atoms with Crippen molar-refractivity contribution in [3.05, 3.63) is 72.1 Å². The highest BCUT2D eigenvalue weighted by Gasteiger charge is 2.32. The molecule has 1 aliphatic heterocycles. The Morgan fingerprint density at radius 3 is 2.61 bits per heavy atom. The minimum absolute atomic E-state index is 0.105. The van der Waals surface area contributed by atoms with Crippen molar-refractivity contribution in [2.24, 2.45) is 5.92 Å². The van der Waals surface area contributed by atoms with E-state index in [1.54, 1.807) is 0 Å². The van der Waals surface area contributed by atoms with E-state index in [0.29, 0.717) is 19.5 Å². The van der Waals surface area contributed by atoms with Gasteiger partial charge in [0.1, 0.15) is 5.75 Å². The van der Waals surface area contributed by atoms with Gasteiger partial charge in [0.05, 0.1) is 22.5 Å². The lowest BCUT2D eigenvalue weighted by Gasteiger charge is -2.16. The molecule has 33 heavy (non-hydrogen) atoms. The maximum absolute atomic E-state index is 12.8. The molecule has 0 spiro atoms. The Balaban J connectivity index is 1.39. The van der Waals surface area contributed by atoms with E-state index in [2.05, 4.69) is 14.7 Å². The molecule has 2 aromatic carbocycles. The minimum atomic E-state index is -4.87. The van der Waals surface area contributed by atoms with Gasteiger partial charge in [-0.2, -0.15) is 5.10 Å². The van der Waals surface area contributed by atoms with Crippen LogP contribution in [0, 0.1) is 12.8 Å². The summed E-state index contributed by atoms with van der Waals surface area (Å²) in [6, 6.07) is 14.4. The fourth-order valence-corrected chi connectivity index (χ4v) is 5.80. The third kappa shape index (κ3) is 5.75. The molecule has 0 N–H and O–H groups in total. The van der Waals surface area contributed by atoms with E-state index in [1.165, 1.54) is 12.1 Å². The predicted octanol–water partition coefficient (Wildman–Crippen LogP) is 4.38. The number of hydrogen-bond acceptors (Lipinski definition) is 5. The van der Waals surface area contributed by atoms with Crippen LogP contribution in [-0.2, 0) is 16.4 Å². The summed E-state index contributed by atoms with van der Waals surface area (Å²) in [5.74, 6) is -0.768. The average Bonchev–Trinajstić information content (AvgIpc) is 3.34. The molecule has 0 amide bonds. The van der Waals surface area contributed by atoms with E-state index in [9.17, 15) is 21.6 Å². The molecule has 0 unspecified atom stereocenters. The van der Waals surface area contributed by atoms with E-state index in [4.69, 9.17) is 0 Å². The van der Waals surface area contributed by atoms with E-state index in [-0.39, 0.29) is 16.6 Å². The van der Waals surface area contributed by atoms with Crippen molar-refractivity contribution in [2.75, 3.05) is 18.8 Å². The van der Waals surface area contributed by atoms with Crippen LogP contribution in [0.5, 0.6) is 5.75 Å². The maximum atomic E-state index is 12.8. The molecule has 0 bridgehead atoms. The number of alkyl halides is 3. The Morgan fingerprint density at radius 1 is 1.12 bits per heavy atom. The first-order valence-corrected chi connectivity index (χ1v) is 12.2. The molecule has 3 aromatic rings. The van der Waals surface area contributed by atoms with Crippen molar-refractivity contribution < 1.29 is 26.3 Å². The zero-order chi connectivity index (χ0) is 23.6. The van der Waals surface area contributed by atoms with E-state index < -0.39 is 21.9 Å². The van der Waals surface area contributed by atoms with Gasteiger partial charge < -0.3 is 4.74 Å². The number of sulfone groups is 1. The molecule has 0 saturated carbocycles. The second-order valence-corrected chi connectivity index (χ2v) is 10.2. The molecule has 176 valence electrons. The number of aromatic nitrogens is 2. The first-order chi connectivity index (χ1) is 15.6. The predicted molar refractivity (Wildman–Crippen MR) is 117 cm³/mol. The Bertz CT molecular complexity index is 1210. The lowest BCUT2D eigenvalue weighted by atomic mass is 10.2. The number of halogens is 3. The monoisotopic (exact) mass is 479 g/mol. The van der Waals surface area contributed by atoms with Crippen molar-refractivity contribution >= 4 is 9.84 Å².